The van der Waals surface area contributed by atoms with Crippen LogP contribution in [0.4, 0.5) is 4.79 Å². The zero-order valence-corrected chi connectivity index (χ0v) is 12.5. The summed E-state index contributed by atoms with van der Waals surface area (Å²) in [6.45, 7) is 5.86. The van der Waals surface area contributed by atoms with Crippen molar-refractivity contribution in [1.29, 1.82) is 0 Å². The predicted molar refractivity (Wildman–Crippen MR) is 74.1 cm³/mol. The van der Waals surface area contributed by atoms with Gasteiger partial charge in [0.1, 0.15) is 5.54 Å². The molecule has 0 saturated heterocycles. The molecular weight excluding hydrogens is 244 g/mol. The standard InChI is InChI=1S/C14H26N2O3/c1-13(2,11(17)18)16(4)12(19)15-10-14(3)8-6-5-7-9-14/h5-10H2,1-4H3,(H,15,19)(H,17,18). The fraction of sp³-hybridized carbons (Fsp3) is 0.857. The molecule has 1 aliphatic rings. The van der Waals surface area contributed by atoms with Gasteiger partial charge >= 0.3 is 12.0 Å². The lowest BCUT2D eigenvalue weighted by Crippen LogP contribution is -2.55. The van der Waals surface area contributed by atoms with Crippen LogP contribution in [0.15, 0.2) is 0 Å². The van der Waals surface area contributed by atoms with Gasteiger partial charge < -0.3 is 15.3 Å². The van der Waals surface area contributed by atoms with Crippen LogP contribution in [-0.2, 0) is 4.79 Å². The van der Waals surface area contributed by atoms with Crippen molar-refractivity contribution in [2.24, 2.45) is 5.41 Å². The summed E-state index contributed by atoms with van der Waals surface area (Å²) in [7, 11) is 1.52. The summed E-state index contributed by atoms with van der Waals surface area (Å²) in [4.78, 5) is 24.4. The number of nitrogens with zero attached hydrogens (tertiary/aromatic N) is 1. The molecule has 2 N–H and O–H groups in total. The third kappa shape index (κ3) is 3.85. The van der Waals surface area contributed by atoms with E-state index in [4.69, 9.17) is 5.11 Å². The molecular formula is C14H26N2O3. The van der Waals surface area contributed by atoms with E-state index in [9.17, 15) is 9.59 Å². The van der Waals surface area contributed by atoms with Gasteiger partial charge in [0.2, 0.25) is 0 Å². The van der Waals surface area contributed by atoms with Crippen LogP contribution in [0.25, 0.3) is 0 Å². The Kier molecular flexibility index (Phi) is 4.82. The van der Waals surface area contributed by atoms with Crippen molar-refractivity contribution in [1.82, 2.24) is 10.2 Å². The lowest BCUT2D eigenvalue weighted by Gasteiger charge is -2.36. The van der Waals surface area contributed by atoms with Crippen LogP contribution in [0.3, 0.4) is 0 Å². The van der Waals surface area contributed by atoms with Crippen LogP contribution in [-0.4, -0.2) is 41.1 Å². The maximum atomic E-state index is 12.0. The predicted octanol–water partition coefficient (Wildman–Crippen LogP) is 2.46. The highest BCUT2D eigenvalue weighted by Gasteiger charge is 2.36. The Morgan fingerprint density at radius 1 is 1.26 bits per heavy atom. The summed E-state index contributed by atoms with van der Waals surface area (Å²) in [5, 5.41) is 12.0. The van der Waals surface area contributed by atoms with Crippen LogP contribution in [0.1, 0.15) is 52.9 Å². The first-order valence-electron chi connectivity index (χ1n) is 6.94. The molecule has 0 atom stereocenters. The summed E-state index contributed by atoms with van der Waals surface area (Å²) in [5.41, 5.74) is -1.04. The minimum Gasteiger partial charge on any atom is -0.480 e. The van der Waals surface area contributed by atoms with E-state index >= 15 is 0 Å². The molecule has 1 saturated carbocycles. The number of urea groups is 1. The summed E-state index contributed by atoms with van der Waals surface area (Å²) in [5.74, 6) is -1.01. The van der Waals surface area contributed by atoms with Crippen LogP contribution in [0.5, 0.6) is 0 Å². The number of carbonyl (C=O) groups excluding carboxylic acids is 1. The Balaban J connectivity index is 2.53. The number of hydrogen-bond acceptors (Lipinski definition) is 2. The molecule has 0 spiro atoms. The first-order chi connectivity index (χ1) is 8.69. The van der Waals surface area contributed by atoms with Crippen LogP contribution >= 0.6 is 0 Å². The Morgan fingerprint density at radius 3 is 2.26 bits per heavy atom. The second kappa shape index (κ2) is 5.80. The molecule has 19 heavy (non-hydrogen) atoms. The van der Waals surface area contributed by atoms with Crippen molar-refractivity contribution in [2.75, 3.05) is 13.6 Å². The quantitative estimate of drug-likeness (QED) is 0.824. The second-order valence-electron chi connectivity index (χ2n) is 6.45. The fourth-order valence-corrected chi connectivity index (χ4v) is 2.39. The van der Waals surface area contributed by atoms with Crippen molar-refractivity contribution in [3.63, 3.8) is 0 Å². The molecule has 5 heteroatoms. The van der Waals surface area contributed by atoms with Crippen molar-refractivity contribution in [3.05, 3.63) is 0 Å². The van der Waals surface area contributed by atoms with E-state index in [1.165, 1.54) is 45.1 Å². The molecule has 0 radical (unpaired) electrons. The molecule has 0 heterocycles. The van der Waals surface area contributed by atoms with Gasteiger partial charge in [-0.2, -0.15) is 0 Å². The maximum Gasteiger partial charge on any atom is 0.329 e. The molecule has 0 aromatic carbocycles. The molecule has 2 amide bonds. The van der Waals surface area contributed by atoms with Gasteiger partial charge in [-0.1, -0.05) is 26.2 Å². The number of rotatable bonds is 4. The minimum absolute atomic E-state index is 0.155. The molecule has 0 aliphatic heterocycles. The van der Waals surface area contributed by atoms with E-state index in [0.717, 1.165) is 12.8 Å². The highest BCUT2D eigenvalue weighted by molar-refractivity contribution is 5.85. The van der Waals surface area contributed by atoms with Crippen LogP contribution < -0.4 is 5.32 Å². The molecule has 5 nitrogen and oxygen atoms in total. The van der Waals surface area contributed by atoms with E-state index in [2.05, 4.69) is 12.2 Å². The number of carboxylic acids is 1. The van der Waals surface area contributed by atoms with Crippen molar-refractivity contribution in [2.45, 2.75) is 58.4 Å². The molecule has 0 aromatic rings. The van der Waals surface area contributed by atoms with Crippen molar-refractivity contribution < 1.29 is 14.7 Å². The van der Waals surface area contributed by atoms with E-state index in [1.54, 1.807) is 0 Å². The summed E-state index contributed by atoms with van der Waals surface area (Å²) in [6.07, 6.45) is 5.94. The SMILES string of the molecule is CN(C(=O)NCC1(C)CCCCC1)C(C)(C)C(=O)O. The zero-order valence-electron chi connectivity index (χ0n) is 12.5. The normalized spacial score (nSPS) is 18.7. The largest absolute Gasteiger partial charge is 0.480 e. The highest BCUT2D eigenvalue weighted by Crippen LogP contribution is 2.34. The average Bonchev–Trinajstić information content (AvgIpc) is 2.35. The number of hydrogen-bond donors (Lipinski definition) is 2. The Bertz CT molecular complexity index is 347. The lowest BCUT2D eigenvalue weighted by molar-refractivity contribution is -0.146. The van der Waals surface area contributed by atoms with Crippen molar-refractivity contribution in [3.8, 4) is 0 Å². The molecule has 0 bridgehead atoms. The average molecular weight is 270 g/mol. The van der Waals surface area contributed by atoms with Crippen LogP contribution in [0, 0.1) is 5.41 Å². The Labute approximate surface area is 115 Å². The second-order valence-corrected chi connectivity index (χ2v) is 6.45. The van der Waals surface area contributed by atoms with Gasteiger partial charge in [0.15, 0.2) is 0 Å². The monoisotopic (exact) mass is 270 g/mol. The Hall–Kier alpha value is -1.26. The number of carboxylic acid groups (broad SMARTS) is 1. The number of aliphatic carboxylic acids is 1. The smallest absolute Gasteiger partial charge is 0.329 e. The summed E-state index contributed by atoms with van der Waals surface area (Å²) >= 11 is 0. The number of likely N-dealkylation sites (N-methyl/N-ethyl adjacent to an activating group) is 1. The molecule has 0 aromatic heterocycles. The maximum absolute atomic E-state index is 12.0. The minimum atomic E-state index is -1.20. The van der Waals surface area contributed by atoms with E-state index in [-0.39, 0.29) is 11.4 Å². The molecule has 1 rings (SSSR count). The third-order valence-electron chi connectivity index (χ3n) is 4.39. The van der Waals surface area contributed by atoms with Gasteiger partial charge in [0.05, 0.1) is 0 Å². The van der Waals surface area contributed by atoms with Gasteiger partial charge in [-0.15, -0.1) is 0 Å². The van der Waals surface area contributed by atoms with Crippen molar-refractivity contribution >= 4 is 12.0 Å². The third-order valence-corrected chi connectivity index (χ3v) is 4.39. The van der Waals surface area contributed by atoms with E-state index in [1.807, 2.05) is 0 Å². The van der Waals surface area contributed by atoms with Gasteiger partial charge in [-0.3, -0.25) is 0 Å². The van der Waals surface area contributed by atoms with Crippen LogP contribution in [0.2, 0.25) is 0 Å². The summed E-state index contributed by atoms with van der Waals surface area (Å²) in [6, 6.07) is -0.320. The topological polar surface area (TPSA) is 69.6 Å². The number of carbonyl (C=O) groups is 2. The van der Waals surface area contributed by atoms with E-state index in [0.29, 0.717) is 6.54 Å². The molecule has 110 valence electrons. The highest BCUT2D eigenvalue weighted by atomic mass is 16.4. The van der Waals surface area contributed by atoms with Gasteiger partial charge in [-0.25, -0.2) is 9.59 Å². The molecule has 1 fully saturated rings. The van der Waals surface area contributed by atoms with Gasteiger partial charge in [-0.05, 0) is 32.1 Å². The first kappa shape index (κ1) is 15.8. The summed E-state index contributed by atoms with van der Waals surface area (Å²) < 4.78 is 0. The number of amides is 2. The zero-order chi connectivity index (χ0) is 14.7. The molecule has 0 unspecified atom stereocenters. The fourth-order valence-electron chi connectivity index (χ4n) is 2.39. The first-order valence-corrected chi connectivity index (χ1v) is 6.94. The molecule has 1 aliphatic carbocycles. The number of nitrogens with one attached hydrogen (secondary N) is 1. The van der Waals surface area contributed by atoms with Gasteiger partial charge in [0.25, 0.3) is 0 Å². The van der Waals surface area contributed by atoms with E-state index < -0.39 is 11.5 Å². The lowest BCUT2D eigenvalue weighted by atomic mass is 9.76. The Morgan fingerprint density at radius 2 is 1.79 bits per heavy atom. The van der Waals surface area contributed by atoms with Gasteiger partial charge in [0, 0.05) is 13.6 Å².